The lowest BCUT2D eigenvalue weighted by Crippen LogP contribution is -2.16. The second-order valence-electron chi connectivity index (χ2n) is 4.57. The molecular weight excluding hydrogens is 342 g/mol. The van der Waals surface area contributed by atoms with E-state index in [4.69, 9.17) is 14.6 Å². The number of ether oxygens (including phenoxy) is 2. The Morgan fingerprint density at radius 3 is 2.76 bits per heavy atom. The van der Waals surface area contributed by atoms with Gasteiger partial charge in [-0.3, -0.25) is 4.79 Å². The molecule has 0 fully saturated rings. The molecule has 0 unspecified atom stereocenters. The Bertz CT molecular complexity index is 686. The number of carboxylic acid groups (broad SMARTS) is 1. The van der Waals surface area contributed by atoms with Crippen LogP contribution in [0.25, 0.3) is 0 Å². The van der Waals surface area contributed by atoms with Crippen LogP contribution in [0.1, 0.15) is 11.3 Å². The zero-order valence-corrected chi connectivity index (χ0v) is 12.5. The van der Waals surface area contributed by atoms with Crippen molar-refractivity contribution in [3.8, 4) is 11.5 Å². The van der Waals surface area contributed by atoms with E-state index in [2.05, 4.69) is 26.2 Å². The van der Waals surface area contributed by atoms with Crippen LogP contribution in [0.5, 0.6) is 11.5 Å². The third-order valence-corrected chi connectivity index (χ3v) is 3.70. The Morgan fingerprint density at radius 2 is 2.05 bits per heavy atom. The monoisotopic (exact) mass is 353 g/mol. The minimum atomic E-state index is -0.928. The predicted octanol–water partition coefficient (Wildman–Crippen LogP) is 1.49. The SMILES string of the molecule is O=C(O)Cc1cn(Cc2cc3c(cc2Br)OCCO3)nn1. The van der Waals surface area contributed by atoms with E-state index in [1.807, 2.05) is 12.1 Å². The van der Waals surface area contributed by atoms with Gasteiger partial charge in [-0.25, -0.2) is 4.68 Å². The average Bonchev–Trinajstić information content (AvgIpc) is 2.86. The summed E-state index contributed by atoms with van der Waals surface area (Å²) in [5.74, 6) is 0.481. The molecule has 1 aliphatic heterocycles. The third-order valence-electron chi connectivity index (χ3n) is 2.96. The number of carboxylic acids is 1. The molecule has 3 rings (SSSR count). The van der Waals surface area contributed by atoms with Crippen molar-refractivity contribution in [2.45, 2.75) is 13.0 Å². The van der Waals surface area contributed by atoms with Crippen molar-refractivity contribution < 1.29 is 19.4 Å². The lowest BCUT2D eigenvalue weighted by atomic mass is 10.2. The lowest BCUT2D eigenvalue weighted by Gasteiger charge is -2.19. The summed E-state index contributed by atoms with van der Waals surface area (Å²) >= 11 is 3.49. The largest absolute Gasteiger partial charge is 0.486 e. The number of fused-ring (bicyclic) bond motifs is 1. The van der Waals surface area contributed by atoms with Crippen LogP contribution in [0, 0.1) is 0 Å². The number of aliphatic carboxylic acids is 1. The van der Waals surface area contributed by atoms with E-state index in [0.717, 1.165) is 10.0 Å². The number of rotatable bonds is 4. The molecular formula is C13H12BrN3O4. The van der Waals surface area contributed by atoms with Gasteiger partial charge < -0.3 is 14.6 Å². The number of hydrogen-bond donors (Lipinski definition) is 1. The Morgan fingerprint density at radius 1 is 1.33 bits per heavy atom. The van der Waals surface area contributed by atoms with Crippen LogP contribution in [0.2, 0.25) is 0 Å². The molecule has 8 heteroatoms. The maximum atomic E-state index is 10.6. The van der Waals surface area contributed by atoms with Crippen molar-refractivity contribution in [1.29, 1.82) is 0 Å². The Kier molecular flexibility index (Phi) is 3.78. The first-order valence-corrected chi connectivity index (χ1v) is 7.10. The fourth-order valence-corrected chi connectivity index (χ4v) is 2.50. The second-order valence-corrected chi connectivity index (χ2v) is 5.42. The molecule has 0 atom stereocenters. The zero-order chi connectivity index (χ0) is 14.8. The molecule has 110 valence electrons. The van der Waals surface area contributed by atoms with Gasteiger partial charge in [0.1, 0.15) is 13.2 Å². The Labute approximate surface area is 128 Å². The number of benzene rings is 1. The van der Waals surface area contributed by atoms with Gasteiger partial charge >= 0.3 is 5.97 Å². The van der Waals surface area contributed by atoms with E-state index in [-0.39, 0.29) is 6.42 Å². The highest BCUT2D eigenvalue weighted by Gasteiger charge is 2.15. The van der Waals surface area contributed by atoms with E-state index in [1.54, 1.807) is 10.9 Å². The Balaban J connectivity index is 1.81. The summed E-state index contributed by atoms with van der Waals surface area (Å²) in [5.41, 5.74) is 1.38. The molecule has 7 nitrogen and oxygen atoms in total. The fraction of sp³-hybridized carbons (Fsp3) is 0.308. The maximum Gasteiger partial charge on any atom is 0.309 e. The van der Waals surface area contributed by atoms with Crippen molar-refractivity contribution in [2.24, 2.45) is 0 Å². The minimum absolute atomic E-state index is 0.137. The number of carbonyl (C=O) groups is 1. The standard InChI is InChI=1S/C13H12BrN3O4/c14-10-5-12-11(20-1-2-21-12)3-8(10)6-17-7-9(15-16-17)4-13(18)19/h3,5,7H,1-2,4,6H2,(H,18,19). The zero-order valence-electron chi connectivity index (χ0n) is 11.0. The molecule has 2 aromatic rings. The average molecular weight is 354 g/mol. The molecule has 0 saturated heterocycles. The van der Waals surface area contributed by atoms with E-state index in [1.165, 1.54) is 0 Å². The van der Waals surface area contributed by atoms with Gasteiger partial charge in [0.25, 0.3) is 0 Å². The highest BCUT2D eigenvalue weighted by molar-refractivity contribution is 9.10. The molecule has 0 saturated carbocycles. The molecule has 0 bridgehead atoms. The first kappa shape index (κ1) is 13.9. The molecule has 1 N–H and O–H groups in total. The van der Waals surface area contributed by atoms with Gasteiger partial charge in [0.2, 0.25) is 0 Å². The quantitative estimate of drug-likeness (QED) is 0.895. The summed E-state index contributed by atoms with van der Waals surface area (Å²) < 4.78 is 13.5. The minimum Gasteiger partial charge on any atom is -0.486 e. The first-order valence-electron chi connectivity index (χ1n) is 6.30. The molecule has 1 aliphatic rings. The number of aromatic nitrogens is 3. The van der Waals surface area contributed by atoms with Crippen LogP contribution in [-0.2, 0) is 17.8 Å². The fourth-order valence-electron chi connectivity index (χ4n) is 2.05. The number of nitrogens with zero attached hydrogens (tertiary/aromatic N) is 3. The molecule has 0 aliphatic carbocycles. The van der Waals surface area contributed by atoms with Crippen molar-refractivity contribution in [3.05, 3.63) is 34.1 Å². The van der Waals surface area contributed by atoms with E-state index >= 15 is 0 Å². The van der Waals surface area contributed by atoms with Crippen molar-refractivity contribution in [3.63, 3.8) is 0 Å². The number of halogens is 1. The molecule has 0 radical (unpaired) electrons. The molecule has 2 heterocycles. The summed E-state index contributed by atoms with van der Waals surface area (Å²) in [6.45, 7) is 1.53. The molecule has 21 heavy (non-hydrogen) atoms. The third kappa shape index (κ3) is 3.15. The smallest absolute Gasteiger partial charge is 0.309 e. The van der Waals surface area contributed by atoms with Crippen LogP contribution in [0.15, 0.2) is 22.8 Å². The molecule has 1 aromatic carbocycles. The van der Waals surface area contributed by atoms with Gasteiger partial charge in [-0.05, 0) is 17.7 Å². The normalized spacial score (nSPS) is 13.2. The highest BCUT2D eigenvalue weighted by Crippen LogP contribution is 2.35. The van der Waals surface area contributed by atoms with E-state index < -0.39 is 5.97 Å². The van der Waals surface area contributed by atoms with Crippen molar-refractivity contribution >= 4 is 21.9 Å². The summed E-state index contributed by atoms with van der Waals surface area (Å²) in [6.07, 6.45) is 1.49. The second kappa shape index (κ2) is 5.72. The molecule has 1 aromatic heterocycles. The first-order chi connectivity index (χ1) is 10.1. The van der Waals surface area contributed by atoms with Crippen molar-refractivity contribution in [2.75, 3.05) is 13.2 Å². The topological polar surface area (TPSA) is 86.5 Å². The van der Waals surface area contributed by atoms with Crippen LogP contribution in [-0.4, -0.2) is 39.3 Å². The Hall–Kier alpha value is -2.09. The lowest BCUT2D eigenvalue weighted by molar-refractivity contribution is -0.136. The van der Waals surface area contributed by atoms with Crippen LogP contribution >= 0.6 is 15.9 Å². The van der Waals surface area contributed by atoms with Crippen LogP contribution < -0.4 is 9.47 Å². The maximum absolute atomic E-state index is 10.6. The van der Waals surface area contributed by atoms with Crippen LogP contribution in [0.4, 0.5) is 0 Å². The van der Waals surface area contributed by atoms with Gasteiger partial charge in [-0.1, -0.05) is 21.1 Å². The van der Waals surface area contributed by atoms with Crippen LogP contribution in [0.3, 0.4) is 0 Å². The summed E-state index contributed by atoms with van der Waals surface area (Å²) in [4.78, 5) is 10.6. The van der Waals surface area contributed by atoms with Gasteiger partial charge in [-0.2, -0.15) is 0 Å². The van der Waals surface area contributed by atoms with Gasteiger partial charge in [0.05, 0.1) is 18.7 Å². The number of hydrogen-bond acceptors (Lipinski definition) is 5. The molecule has 0 spiro atoms. The van der Waals surface area contributed by atoms with Gasteiger partial charge in [0.15, 0.2) is 11.5 Å². The van der Waals surface area contributed by atoms with Crippen molar-refractivity contribution in [1.82, 2.24) is 15.0 Å². The van der Waals surface area contributed by atoms with Gasteiger partial charge in [0, 0.05) is 10.7 Å². The summed E-state index contributed by atoms with van der Waals surface area (Å²) in [5, 5.41) is 16.5. The highest BCUT2D eigenvalue weighted by atomic mass is 79.9. The molecule has 0 amide bonds. The van der Waals surface area contributed by atoms with Gasteiger partial charge in [-0.15, -0.1) is 5.10 Å². The van der Waals surface area contributed by atoms with E-state index in [0.29, 0.717) is 37.0 Å². The van der Waals surface area contributed by atoms with E-state index in [9.17, 15) is 4.79 Å². The predicted molar refractivity (Wildman–Crippen MR) is 75.6 cm³/mol. The summed E-state index contributed by atoms with van der Waals surface area (Å²) in [6, 6.07) is 3.75. The summed E-state index contributed by atoms with van der Waals surface area (Å²) in [7, 11) is 0.